The van der Waals surface area contributed by atoms with E-state index in [1.165, 1.54) is 11.3 Å². The van der Waals surface area contributed by atoms with Crippen molar-refractivity contribution in [1.82, 2.24) is 10.3 Å². The summed E-state index contributed by atoms with van der Waals surface area (Å²) in [6, 6.07) is 7.47. The Morgan fingerprint density at radius 3 is 2.88 bits per heavy atom. The largest absolute Gasteiger partial charge is 0.398 e. The molecule has 0 spiro atoms. The van der Waals surface area contributed by atoms with Gasteiger partial charge in [0.25, 0.3) is 5.91 Å². The highest BCUT2D eigenvalue weighted by atomic mass is 32.1. The highest BCUT2D eigenvalue weighted by molar-refractivity contribution is 7.13. The first-order valence-corrected chi connectivity index (χ1v) is 5.63. The summed E-state index contributed by atoms with van der Waals surface area (Å²) in [7, 11) is 1.58. The van der Waals surface area contributed by atoms with Crippen LogP contribution in [0, 0.1) is 0 Å². The molecule has 1 heterocycles. The van der Waals surface area contributed by atoms with Gasteiger partial charge in [-0.05, 0) is 12.1 Å². The number of carbonyl (C=O) groups is 1. The fourth-order valence-electron chi connectivity index (χ4n) is 1.32. The number of thiazole rings is 1. The normalized spacial score (nSPS) is 10.1. The van der Waals surface area contributed by atoms with Gasteiger partial charge in [0.05, 0.1) is 0 Å². The van der Waals surface area contributed by atoms with E-state index < -0.39 is 0 Å². The summed E-state index contributed by atoms with van der Waals surface area (Å²) >= 11 is 1.41. The molecule has 1 aromatic heterocycles. The highest BCUT2D eigenvalue weighted by Gasteiger charge is 2.11. The fraction of sp³-hybridized carbons (Fsp3) is 0.0909. The van der Waals surface area contributed by atoms with Gasteiger partial charge < -0.3 is 11.1 Å². The molecule has 0 saturated carbocycles. The molecular formula is C11H11N3OS. The molecule has 1 aromatic carbocycles. The summed E-state index contributed by atoms with van der Waals surface area (Å²) in [5.41, 5.74) is 7.79. The topological polar surface area (TPSA) is 68.0 Å². The SMILES string of the molecule is CNC(=O)c1csc(-c2ccccc2N)n1. The molecule has 16 heavy (non-hydrogen) atoms. The number of amides is 1. The highest BCUT2D eigenvalue weighted by Crippen LogP contribution is 2.28. The van der Waals surface area contributed by atoms with Crippen molar-refractivity contribution in [2.75, 3.05) is 12.8 Å². The lowest BCUT2D eigenvalue weighted by atomic mass is 10.2. The van der Waals surface area contributed by atoms with E-state index in [-0.39, 0.29) is 5.91 Å². The van der Waals surface area contributed by atoms with E-state index in [0.29, 0.717) is 11.4 Å². The zero-order chi connectivity index (χ0) is 11.5. The standard InChI is InChI=1S/C11H11N3OS/c1-13-10(15)9-6-16-11(14-9)7-4-2-3-5-8(7)12/h2-6H,12H2,1H3,(H,13,15). The predicted molar refractivity (Wildman–Crippen MR) is 65.4 cm³/mol. The summed E-state index contributed by atoms with van der Waals surface area (Å²) in [6.45, 7) is 0. The number of hydrogen-bond acceptors (Lipinski definition) is 4. The van der Waals surface area contributed by atoms with Gasteiger partial charge >= 0.3 is 0 Å². The molecule has 0 bridgehead atoms. The average Bonchev–Trinajstić information content (AvgIpc) is 2.78. The van der Waals surface area contributed by atoms with Crippen molar-refractivity contribution in [2.24, 2.45) is 0 Å². The van der Waals surface area contributed by atoms with Crippen LogP contribution in [0.4, 0.5) is 5.69 Å². The molecule has 2 aromatic rings. The molecule has 1 amide bonds. The maximum atomic E-state index is 11.3. The van der Waals surface area contributed by atoms with Crippen LogP contribution >= 0.6 is 11.3 Å². The molecule has 0 aliphatic rings. The molecule has 0 unspecified atom stereocenters. The number of nitrogens with zero attached hydrogens (tertiary/aromatic N) is 1. The minimum Gasteiger partial charge on any atom is -0.398 e. The number of anilines is 1. The van der Waals surface area contributed by atoms with E-state index in [0.717, 1.165) is 10.6 Å². The van der Waals surface area contributed by atoms with E-state index in [1.54, 1.807) is 12.4 Å². The molecule has 2 rings (SSSR count). The second kappa shape index (κ2) is 4.32. The summed E-state index contributed by atoms with van der Waals surface area (Å²) in [4.78, 5) is 15.6. The molecule has 82 valence electrons. The summed E-state index contributed by atoms with van der Waals surface area (Å²) in [5, 5.41) is 5.02. The van der Waals surface area contributed by atoms with Gasteiger partial charge in [0, 0.05) is 23.7 Å². The second-order valence-electron chi connectivity index (χ2n) is 3.20. The van der Waals surface area contributed by atoms with Crippen molar-refractivity contribution >= 4 is 22.9 Å². The number of nitrogen functional groups attached to an aromatic ring is 1. The van der Waals surface area contributed by atoms with Crippen LogP contribution in [0.3, 0.4) is 0 Å². The van der Waals surface area contributed by atoms with E-state index in [4.69, 9.17) is 5.73 Å². The second-order valence-corrected chi connectivity index (χ2v) is 4.06. The van der Waals surface area contributed by atoms with E-state index in [2.05, 4.69) is 10.3 Å². The average molecular weight is 233 g/mol. The van der Waals surface area contributed by atoms with Crippen LogP contribution < -0.4 is 11.1 Å². The molecule has 0 atom stereocenters. The zero-order valence-electron chi connectivity index (χ0n) is 8.73. The van der Waals surface area contributed by atoms with Gasteiger partial charge in [-0.3, -0.25) is 4.79 Å². The van der Waals surface area contributed by atoms with Crippen LogP contribution in [0.2, 0.25) is 0 Å². The molecule has 0 saturated heterocycles. The third-order valence-corrected chi connectivity index (χ3v) is 3.03. The summed E-state index contributed by atoms with van der Waals surface area (Å²) < 4.78 is 0. The first kappa shape index (κ1) is 10.6. The number of para-hydroxylation sites is 1. The van der Waals surface area contributed by atoms with E-state index in [9.17, 15) is 4.79 Å². The Labute approximate surface area is 97.1 Å². The van der Waals surface area contributed by atoms with Gasteiger partial charge in [0.15, 0.2) is 0 Å². The van der Waals surface area contributed by atoms with E-state index >= 15 is 0 Å². The van der Waals surface area contributed by atoms with Crippen molar-refractivity contribution in [1.29, 1.82) is 0 Å². The maximum absolute atomic E-state index is 11.3. The monoisotopic (exact) mass is 233 g/mol. The molecule has 3 N–H and O–H groups in total. The van der Waals surface area contributed by atoms with Crippen LogP contribution in [0.1, 0.15) is 10.5 Å². The Hall–Kier alpha value is -1.88. The number of nitrogens with one attached hydrogen (secondary N) is 1. The molecule has 5 heteroatoms. The molecule has 0 aliphatic carbocycles. The quantitative estimate of drug-likeness (QED) is 0.776. The first-order valence-electron chi connectivity index (χ1n) is 4.75. The van der Waals surface area contributed by atoms with Crippen LogP contribution in [0.25, 0.3) is 10.6 Å². The van der Waals surface area contributed by atoms with Gasteiger partial charge in [0.2, 0.25) is 0 Å². The van der Waals surface area contributed by atoms with Crippen molar-refractivity contribution in [3.8, 4) is 10.6 Å². The van der Waals surface area contributed by atoms with Crippen LogP contribution in [-0.2, 0) is 0 Å². The number of nitrogens with two attached hydrogens (primary N) is 1. The Kier molecular flexibility index (Phi) is 2.87. The van der Waals surface area contributed by atoms with Crippen LogP contribution in [0.15, 0.2) is 29.6 Å². The minimum atomic E-state index is -0.183. The lowest BCUT2D eigenvalue weighted by Gasteiger charge is -2.00. The Morgan fingerprint density at radius 2 is 2.19 bits per heavy atom. The summed E-state index contributed by atoms with van der Waals surface area (Å²) in [5.74, 6) is -0.183. The Balaban J connectivity index is 2.39. The number of aromatic nitrogens is 1. The molecule has 4 nitrogen and oxygen atoms in total. The third-order valence-electron chi connectivity index (χ3n) is 2.16. The van der Waals surface area contributed by atoms with Crippen LogP contribution in [-0.4, -0.2) is 17.9 Å². The number of carbonyl (C=O) groups excluding carboxylic acids is 1. The van der Waals surface area contributed by atoms with Gasteiger partial charge in [-0.1, -0.05) is 12.1 Å². The smallest absolute Gasteiger partial charge is 0.270 e. The Bertz CT molecular complexity index is 521. The van der Waals surface area contributed by atoms with Crippen molar-refractivity contribution < 1.29 is 4.79 Å². The predicted octanol–water partition coefficient (Wildman–Crippen LogP) is 1.75. The van der Waals surface area contributed by atoms with Gasteiger partial charge in [0.1, 0.15) is 10.7 Å². The fourth-order valence-corrected chi connectivity index (χ4v) is 2.17. The van der Waals surface area contributed by atoms with Gasteiger partial charge in [-0.25, -0.2) is 4.98 Å². The number of rotatable bonds is 2. The van der Waals surface area contributed by atoms with E-state index in [1.807, 2.05) is 24.3 Å². The lowest BCUT2D eigenvalue weighted by Crippen LogP contribution is -2.17. The minimum absolute atomic E-state index is 0.183. The number of benzene rings is 1. The Morgan fingerprint density at radius 1 is 1.44 bits per heavy atom. The van der Waals surface area contributed by atoms with Gasteiger partial charge in [-0.2, -0.15) is 0 Å². The molecule has 0 fully saturated rings. The zero-order valence-corrected chi connectivity index (χ0v) is 9.54. The van der Waals surface area contributed by atoms with Gasteiger partial charge in [-0.15, -0.1) is 11.3 Å². The molecular weight excluding hydrogens is 222 g/mol. The van der Waals surface area contributed by atoms with Crippen molar-refractivity contribution in [3.63, 3.8) is 0 Å². The first-order chi connectivity index (χ1) is 7.72. The summed E-state index contributed by atoms with van der Waals surface area (Å²) in [6.07, 6.45) is 0. The lowest BCUT2D eigenvalue weighted by molar-refractivity contribution is 0.0959. The van der Waals surface area contributed by atoms with Crippen molar-refractivity contribution in [3.05, 3.63) is 35.3 Å². The van der Waals surface area contributed by atoms with Crippen LogP contribution in [0.5, 0.6) is 0 Å². The maximum Gasteiger partial charge on any atom is 0.270 e. The number of hydrogen-bond donors (Lipinski definition) is 2. The molecule has 0 radical (unpaired) electrons. The third kappa shape index (κ3) is 1.90. The van der Waals surface area contributed by atoms with Crippen molar-refractivity contribution in [2.45, 2.75) is 0 Å². The molecule has 0 aliphatic heterocycles.